The molecule has 1 N–H and O–H groups in total. The van der Waals surface area contributed by atoms with E-state index in [1.165, 1.54) is 14.0 Å². The van der Waals surface area contributed by atoms with Crippen LogP contribution < -0.4 is 10.1 Å². The van der Waals surface area contributed by atoms with Crippen LogP contribution in [0.1, 0.15) is 33.2 Å². The molecule has 0 aromatic heterocycles. The summed E-state index contributed by atoms with van der Waals surface area (Å²) in [5, 5.41) is 2.55. The Bertz CT molecular complexity index is 1070. The highest BCUT2D eigenvalue weighted by molar-refractivity contribution is 5.96. The van der Waals surface area contributed by atoms with Crippen molar-refractivity contribution < 1.29 is 23.9 Å². The van der Waals surface area contributed by atoms with Crippen LogP contribution in [-0.4, -0.2) is 31.3 Å². The quantitative estimate of drug-likeness (QED) is 0.442. The van der Waals surface area contributed by atoms with E-state index in [-0.39, 0.29) is 24.8 Å². The molecule has 0 saturated carbocycles. The fourth-order valence-electron chi connectivity index (χ4n) is 3.02. The molecule has 31 heavy (non-hydrogen) atoms. The van der Waals surface area contributed by atoms with Crippen molar-refractivity contribution in [1.82, 2.24) is 5.32 Å². The standard InChI is InChI=1S/C25H23NO5/c1-17(27)21-12-13-23(30-2)22(14-21)16-31-24(28)15-26-25(29)20-10-8-19(9-11-20)18-6-4-3-5-7-18/h3-14H,15-16H2,1-2H3,(H,26,29). The second kappa shape index (κ2) is 10.2. The van der Waals surface area contributed by atoms with Gasteiger partial charge in [-0.05, 0) is 48.4 Å². The molecule has 0 fully saturated rings. The summed E-state index contributed by atoms with van der Waals surface area (Å²) in [7, 11) is 1.50. The Hall–Kier alpha value is -3.93. The summed E-state index contributed by atoms with van der Waals surface area (Å²) in [6, 6.07) is 21.9. The van der Waals surface area contributed by atoms with Gasteiger partial charge < -0.3 is 14.8 Å². The highest BCUT2D eigenvalue weighted by atomic mass is 16.5. The van der Waals surface area contributed by atoms with Crippen LogP contribution in [0.25, 0.3) is 11.1 Å². The van der Waals surface area contributed by atoms with Gasteiger partial charge in [0, 0.05) is 16.7 Å². The second-order valence-corrected chi connectivity index (χ2v) is 6.87. The van der Waals surface area contributed by atoms with Crippen LogP contribution in [0, 0.1) is 0 Å². The van der Waals surface area contributed by atoms with Gasteiger partial charge in [-0.1, -0.05) is 42.5 Å². The first kappa shape index (κ1) is 21.8. The van der Waals surface area contributed by atoms with Gasteiger partial charge in [-0.15, -0.1) is 0 Å². The van der Waals surface area contributed by atoms with Crippen LogP contribution in [0.5, 0.6) is 5.75 Å². The van der Waals surface area contributed by atoms with Crippen LogP contribution in [0.3, 0.4) is 0 Å². The van der Waals surface area contributed by atoms with E-state index in [2.05, 4.69) is 5.32 Å². The van der Waals surface area contributed by atoms with Crippen LogP contribution >= 0.6 is 0 Å². The summed E-state index contributed by atoms with van der Waals surface area (Å²) in [6.45, 7) is 1.12. The normalized spacial score (nSPS) is 10.3. The number of benzene rings is 3. The van der Waals surface area contributed by atoms with Crippen LogP contribution in [0.4, 0.5) is 0 Å². The van der Waals surface area contributed by atoms with Gasteiger partial charge in [-0.25, -0.2) is 0 Å². The number of amides is 1. The van der Waals surface area contributed by atoms with E-state index in [1.807, 2.05) is 42.5 Å². The first-order chi connectivity index (χ1) is 15.0. The fraction of sp³-hybridized carbons (Fsp3) is 0.160. The summed E-state index contributed by atoms with van der Waals surface area (Å²) in [6.07, 6.45) is 0. The number of hydrogen-bond acceptors (Lipinski definition) is 5. The Balaban J connectivity index is 1.53. The number of ketones is 1. The van der Waals surface area contributed by atoms with E-state index in [0.29, 0.717) is 22.4 Å². The maximum Gasteiger partial charge on any atom is 0.325 e. The zero-order valence-electron chi connectivity index (χ0n) is 17.4. The summed E-state index contributed by atoms with van der Waals surface area (Å²) < 4.78 is 10.5. The molecule has 6 heteroatoms. The van der Waals surface area contributed by atoms with E-state index < -0.39 is 5.97 Å². The van der Waals surface area contributed by atoms with Crippen molar-refractivity contribution in [2.45, 2.75) is 13.5 Å². The lowest BCUT2D eigenvalue weighted by molar-refractivity contribution is -0.143. The number of Topliss-reactive ketones (excluding diaryl/α,β-unsaturated/α-hetero) is 1. The molecule has 0 saturated heterocycles. The predicted octanol–water partition coefficient (Wildman–Crippen LogP) is 4.04. The highest BCUT2D eigenvalue weighted by Crippen LogP contribution is 2.21. The van der Waals surface area contributed by atoms with E-state index in [0.717, 1.165) is 11.1 Å². The van der Waals surface area contributed by atoms with Gasteiger partial charge in [0.05, 0.1) is 7.11 Å². The van der Waals surface area contributed by atoms with Crippen molar-refractivity contribution in [3.8, 4) is 16.9 Å². The van der Waals surface area contributed by atoms with Gasteiger partial charge in [-0.3, -0.25) is 14.4 Å². The Morgan fingerprint density at radius 1 is 0.839 bits per heavy atom. The number of rotatable bonds is 8. The molecular weight excluding hydrogens is 394 g/mol. The molecule has 0 atom stereocenters. The number of hydrogen-bond donors (Lipinski definition) is 1. The summed E-state index contributed by atoms with van der Waals surface area (Å²) in [5.74, 6) is -0.543. The molecule has 0 aliphatic carbocycles. The van der Waals surface area contributed by atoms with Gasteiger partial charge in [0.2, 0.25) is 0 Å². The molecule has 0 bridgehead atoms. The van der Waals surface area contributed by atoms with Crippen molar-refractivity contribution >= 4 is 17.7 Å². The predicted molar refractivity (Wildman–Crippen MR) is 117 cm³/mol. The number of methoxy groups -OCH3 is 1. The Morgan fingerprint density at radius 2 is 1.48 bits per heavy atom. The highest BCUT2D eigenvalue weighted by Gasteiger charge is 2.12. The number of esters is 1. The Labute approximate surface area is 180 Å². The third-order valence-corrected chi connectivity index (χ3v) is 4.72. The van der Waals surface area contributed by atoms with Crippen LogP contribution in [0.15, 0.2) is 72.8 Å². The molecule has 6 nitrogen and oxygen atoms in total. The van der Waals surface area contributed by atoms with Crippen molar-refractivity contribution in [2.24, 2.45) is 0 Å². The third kappa shape index (κ3) is 5.79. The average Bonchev–Trinajstić information content (AvgIpc) is 2.81. The molecule has 0 heterocycles. The zero-order chi connectivity index (χ0) is 22.2. The zero-order valence-corrected chi connectivity index (χ0v) is 17.4. The number of nitrogens with one attached hydrogen (secondary N) is 1. The van der Waals surface area contributed by atoms with Crippen molar-refractivity contribution in [3.05, 3.63) is 89.5 Å². The van der Waals surface area contributed by atoms with Crippen molar-refractivity contribution in [2.75, 3.05) is 13.7 Å². The minimum Gasteiger partial charge on any atom is -0.496 e. The van der Waals surface area contributed by atoms with Crippen molar-refractivity contribution in [3.63, 3.8) is 0 Å². The van der Waals surface area contributed by atoms with Gasteiger partial charge in [-0.2, -0.15) is 0 Å². The van der Waals surface area contributed by atoms with Gasteiger partial charge in [0.25, 0.3) is 5.91 Å². The van der Waals surface area contributed by atoms with E-state index in [9.17, 15) is 14.4 Å². The topological polar surface area (TPSA) is 81.7 Å². The maximum atomic E-state index is 12.3. The molecule has 3 aromatic rings. The van der Waals surface area contributed by atoms with Gasteiger partial charge in [0.1, 0.15) is 18.9 Å². The lowest BCUT2D eigenvalue weighted by Gasteiger charge is -2.11. The molecule has 3 aromatic carbocycles. The second-order valence-electron chi connectivity index (χ2n) is 6.87. The molecule has 3 rings (SSSR count). The van der Waals surface area contributed by atoms with E-state index in [1.54, 1.807) is 30.3 Å². The molecule has 158 valence electrons. The molecule has 0 aliphatic heterocycles. The summed E-state index contributed by atoms with van der Waals surface area (Å²) in [5.41, 5.74) is 3.58. The molecule has 0 unspecified atom stereocenters. The summed E-state index contributed by atoms with van der Waals surface area (Å²) >= 11 is 0. The largest absolute Gasteiger partial charge is 0.496 e. The number of carbonyl (C=O) groups excluding carboxylic acids is 3. The molecular formula is C25H23NO5. The first-order valence-electron chi connectivity index (χ1n) is 9.75. The SMILES string of the molecule is COc1ccc(C(C)=O)cc1COC(=O)CNC(=O)c1ccc(-c2ccccc2)cc1. The van der Waals surface area contributed by atoms with E-state index in [4.69, 9.17) is 9.47 Å². The molecule has 1 amide bonds. The molecule has 0 aliphatic rings. The lowest BCUT2D eigenvalue weighted by Crippen LogP contribution is -2.30. The van der Waals surface area contributed by atoms with Crippen LogP contribution in [-0.2, 0) is 16.1 Å². The summed E-state index contributed by atoms with van der Waals surface area (Å²) in [4.78, 5) is 35.9. The maximum absolute atomic E-state index is 12.3. The minimum atomic E-state index is -0.593. The number of carbonyl (C=O) groups is 3. The average molecular weight is 417 g/mol. The molecule has 0 radical (unpaired) electrons. The lowest BCUT2D eigenvalue weighted by atomic mass is 10.0. The van der Waals surface area contributed by atoms with Crippen LogP contribution in [0.2, 0.25) is 0 Å². The third-order valence-electron chi connectivity index (χ3n) is 4.72. The van der Waals surface area contributed by atoms with Gasteiger partial charge >= 0.3 is 5.97 Å². The Kier molecular flexibility index (Phi) is 7.17. The minimum absolute atomic E-state index is 0.0647. The Morgan fingerprint density at radius 3 is 2.13 bits per heavy atom. The van der Waals surface area contributed by atoms with E-state index >= 15 is 0 Å². The molecule has 0 spiro atoms. The smallest absolute Gasteiger partial charge is 0.325 e. The monoisotopic (exact) mass is 417 g/mol. The van der Waals surface area contributed by atoms with Gasteiger partial charge in [0.15, 0.2) is 5.78 Å². The first-order valence-corrected chi connectivity index (χ1v) is 9.75. The number of ether oxygens (including phenoxy) is 2. The van der Waals surface area contributed by atoms with Crippen molar-refractivity contribution in [1.29, 1.82) is 0 Å². The fourth-order valence-corrected chi connectivity index (χ4v) is 3.02.